The summed E-state index contributed by atoms with van der Waals surface area (Å²) in [6, 6.07) is 0. The molecule has 0 radical (unpaired) electrons. The average molecular weight is 234 g/mol. The lowest BCUT2D eigenvalue weighted by atomic mass is 9.93. The topological polar surface area (TPSA) is 33.1 Å². The predicted octanol–water partition coefficient (Wildman–Crippen LogP) is 1.82. The molecule has 0 atom stereocenters. The van der Waals surface area contributed by atoms with E-state index in [-0.39, 0.29) is 0 Å². The maximum Gasteiger partial charge on any atom is 0.203 e. The Kier molecular flexibility index (Phi) is 2.82. The fourth-order valence-electron chi connectivity index (χ4n) is 3.07. The first kappa shape index (κ1) is 11.1. The molecular formula is C13H22N4. The molecule has 4 heteroatoms. The Balaban J connectivity index is 1.85. The average Bonchev–Trinajstić information content (AvgIpc) is 2.69. The maximum atomic E-state index is 4.83. The molecule has 1 N–H and O–H groups in total. The van der Waals surface area contributed by atoms with Gasteiger partial charge in [-0.3, -0.25) is 0 Å². The van der Waals surface area contributed by atoms with Crippen molar-refractivity contribution in [3.05, 3.63) is 11.4 Å². The summed E-state index contributed by atoms with van der Waals surface area (Å²) in [6.45, 7) is 6.85. The monoisotopic (exact) mass is 234 g/mol. The summed E-state index contributed by atoms with van der Waals surface area (Å²) in [5.74, 6) is 1.77. The van der Waals surface area contributed by atoms with E-state index in [1.54, 1.807) is 0 Å². The van der Waals surface area contributed by atoms with Crippen LogP contribution in [-0.4, -0.2) is 41.1 Å². The molecule has 0 saturated carbocycles. The van der Waals surface area contributed by atoms with E-state index in [4.69, 9.17) is 4.98 Å². The largest absolute Gasteiger partial charge is 0.356 e. The van der Waals surface area contributed by atoms with E-state index in [1.807, 2.05) is 0 Å². The van der Waals surface area contributed by atoms with Gasteiger partial charge in [0.1, 0.15) is 0 Å². The van der Waals surface area contributed by atoms with Crippen LogP contribution in [0.3, 0.4) is 0 Å². The van der Waals surface area contributed by atoms with Gasteiger partial charge in [-0.1, -0.05) is 0 Å². The number of imidazole rings is 1. The number of fused-ring (bicyclic) bond motifs is 1. The first-order valence-electron chi connectivity index (χ1n) is 6.75. The van der Waals surface area contributed by atoms with Gasteiger partial charge in [-0.05, 0) is 46.3 Å². The van der Waals surface area contributed by atoms with E-state index in [0.717, 1.165) is 19.0 Å². The highest BCUT2D eigenvalue weighted by molar-refractivity contribution is 5.36. The van der Waals surface area contributed by atoms with Crippen molar-refractivity contribution < 1.29 is 0 Å². The minimum atomic E-state index is 0.672. The molecule has 0 aromatic carbocycles. The number of hydrogen-bond acceptors (Lipinski definition) is 3. The summed E-state index contributed by atoms with van der Waals surface area (Å²) >= 11 is 0. The van der Waals surface area contributed by atoms with Crippen LogP contribution in [0, 0.1) is 6.92 Å². The van der Waals surface area contributed by atoms with E-state index >= 15 is 0 Å². The zero-order valence-electron chi connectivity index (χ0n) is 10.9. The number of anilines is 1. The van der Waals surface area contributed by atoms with Gasteiger partial charge in [-0.15, -0.1) is 0 Å². The molecule has 17 heavy (non-hydrogen) atoms. The quantitative estimate of drug-likeness (QED) is 0.804. The van der Waals surface area contributed by atoms with Crippen LogP contribution >= 0.6 is 0 Å². The Bertz CT molecular complexity index is 402. The van der Waals surface area contributed by atoms with E-state index < -0.39 is 0 Å². The normalized spacial score (nSPS) is 22.2. The standard InChI is InChI=1S/C13H22N4/c1-10-12(11-4-8-16(2)9-5-11)15-13-14-6-3-7-17(10)13/h11H,3-9H2,1-2H3,(H,14,15). The Labute approximate surface area is 103 Å². The van der Waals surface area contributed by atoms with Gasteiger partial charge in [0.2, 0.25) is 5.95 Å². The number of rotatable bonds is 1. The van der Waals surface area contributed by atoms with Crippen molar-refractivity contribution in [3.63, 3.8) is 0 Å². The van der Waals surface area contributed by atoms with Gasteiger partial charge in [0.05, 0.1) is 5.69 Å². The third-order valence-electron chi connectivity index (χ3n) is 4.20. The molecule has 94 valence electrons. The molecule has 1 saturated heterocycles. The summed E-state index contributed by atoms with van der Waals surface area (Å²) in [5, 5.41) is 3.41. The van der Waals surface area contributed by atoms with Crippen LogP contribution in [0.25, 0.3) is 0 Å². The zero-order chi connectivity index (χ0) is 11.8. The SMILES string of the molecule is Cc1c(C2CCN(C)CC2)nc2n1CCCN2. The van der Waals surface area contributed by atoms with Crippen LogP contribution in [0.1, 0.15) is 36.6 Å². The molecule has 0 bridgehead atoms. The number of piperidine rings is 1. The third kappa shape index (κ3) is 1.95. The summed E-state index contributed by atoms with van der Waals surface area (Å²) in [7, 11) is 2.21. The van der Waals surface area contributed by atoms with E-state index in [1.165, 1.54) is 43.7 Å². The highest BCUT2D eigenvalue weighted by atomic mass is 15.2. The fraction of sp³-hybridized carbons (Fsp3) is 0.769. The zero-order valence-corrected chi connectivity index (χ0v) is 10.9. The number of nitrogens with one attached hydrogen (secondary N) is 1. The summed E-state index contributed by atoms with van der Waals surface area (Å²) < 4.78 is 2.36. The third-order valence-corrected chi connectivity index (χ3v) is 4.20. The summed E-state index contributed by atoms with van der Waals surface area (Å²) in [5.41, 5.74) is 2.74. The summed E-state index contributed by atoms with van der Waals surface area (Å²) in [4.78, 5) is 7.25. The molecule has 0 unspecified atom stereocenters. The molecule has 1 aromatic heterocycles. The molecule has 3 rings (SSSR count). The number of aromatic nitrogens is 2. The summed E-state index contributed by atoms with van der Waals surface area (Å²) in [6.07, 6.45) is 3.73. The first-order chi connectivity index (χ1) is 8.25. The molecule has 2 aliphatic rings. The molecule has 4 nitrogen and oxygen atoms in total. The van der Waals surface area contributed by atoms with Crippen molar-refractivity contribution in [3.8, 4) is 0 Å². The van der Waals surface area contributed by atoms with E-state index in [2.05, 4.69) is 28.8 Å². The minimum Gasteiger partial charge on any atom is -0.356 e. The van der Waals surface area contributed by atoms with Crippen molar-refractivity contribution >= 4 is 5.95 Å². The van der Waals surface area contributed by atoms with Crippen LogP contribution in [-0.2, 0) is 6.54 Å². The van der Waals surface area contributed by atoms with Gasteiger partial charge >= 0.3 is 0 Å². The Hall–Kier alpha value is -1.03. The Morgan fingerprint density at radius 3 is 2.71 bits per heavy atom. The van der Waals surface area contributed by atoms with Crippen LogP contribution in [0.15, 0.2) is 0 Å². The van der Waals surface area contributed by atoms with Gasteiger partial charge in [-0.25, -0.2) is 4.98 Å². The van der Waals surface area contributed by atoms with Crippen molar-refractivity contribution in [2.24, 2.45) is 0 Å². The molecule has 0 aliphatic carbocycles. The van der Waals surface area contributed by atoms with Gasteiger partial charge < -0.3 is 14.8 Å². The van der Waals surface area contributed by atoms with E-state index in [0.29, 0.717) is 5.92 Å². The van der Waals surface area contributed by atoms with Crippen LogP contribution in [0.4, 0.5) is 5.95 Å². The highest BCUT2D eigenvalue weighted by Crippen LogP contribution is 2.31. The van der Waals surface area contributed by atoms with Crippen molar-refractivity contribution in [2.45, 2.75) is 38.6 Å². The smallest absolute Gasteiger partial charge is 0.203 e. The van der Waals surface area contributed by atoms with Crippen molar-refractivity contribution in [1.29, 1.82) is 0 Å². The van der Waals surface area contributed by atoms with Gasteiger partial charge in [0, 0.05) is 24.7 Å². The van der Waals surface area contributed by atoms with Crippen molar-refractivity contribution in [2.75, 3.05) is 32.0 Å². The lowest BCUT2D eigenvalue weighted by Crippen LogP contribution is -2.29. The maximum absolute atomic E-state index is 4.83. The fourth-order valence-corrected chi connectivity index (χ4v) is 3.07. The van der Waals surface area contributed by atoms with Crippen LogP contribution < -0.4 is 5.32 Å². The number of likely N-dealkylation sites (tertiary alicyclic amines) is 1. The van der Waals surface area contributed by atoms with Crippen LogP contribution in [0.2, 0.25) is 0 Å². The second-order valence-electron chi connectivity index (χ2n) is 5.42. The number of nitrogens with zero attached hydrogens (tertiary/aromatic N) is 3. The molecule has 0 spiro atoms. The Morgan fingerprint density at radius 1 is 1.24 bits per heavy atom. The highest BCUT2D eigenvalue weighted by Gasteiger charge is 2.25. The second kappa shape index (κ2) is 4.33. The van der Waals surface area contributed by atoms with Crippen LogP contribution in [0.5, 0.6) is 0 Å². The lowest BCUT2D eigenvalue weighted by Gasteiger charge is -2.28. The Morgan fingerprint density at radius 2 is 2.00 bits per heavy atom. The van der Waals surface area contributed by atoms with Gasteiger partial charge in [-0.2, -0.15) is 0 Å². The molecule has 1 fully saturated rings. The molecule has 3 heterocycles. The molecular weight excluding hydrogens is 212 g/mol. The van der Waals surface area contributed by atoms with Gasteiger partial charge in [0.25, 0.3) is 0 Å². The predicted molar refractivity (Wildman–Crippen MR) is 69.5 cm³/mol. The number of hydrogen-bond donors (Lipinski definition) is 1. The molecule has 2 aliphatic heterocycles. The molecule has 0 amide bonds. The molecule has 1 aromatic rings. The first-order valence-corrected chi connectivity index (χ1v) is 6.75. The van der Waals surface area contributed by atoms with Gasteiger partial charge in [0.15, 0.2) is 0 Å². The van der Waals surface area contributed by atoms with Crippen molar-refractivity contribution in [1.82, 2.24) is 14.5 Å². The minimum absolute atomic E-state index is 0.672. The second-order valence-corrected chi connectivity index (χ2v) is 5.42. The van der Waals surface area contributed by atoms with E-state index in [9.17, 15) is 0 Å². The lowest BCUT2D eigenvalue weighted by molar-refractivity contribution is 0.253.